The Kier molecular flexibility index (Phi) is 7.74. The Hall–Kier alpha value is -1.67. The second-order valence-corrected chi connectivity index (χ2v) is 7.56. The van der Waals surface area contributed by atoms with Crippen molar-refractivity contribution in [3.05, 3.63) is 11.9 Å². The van der Waals surface area contributed by atoms with Gasteiger partial charge in [0.15, 0.2) is 19.0 Å². The minimum atomic E-state index is -0.894. The first-order valence-electron chi connectivity index (χ1n) is 9.87. The summed E-state index contributed by atoms with van der Waals surface area (Å²) in [6.07, 6.45) is -3.28. The monoisotopic (exact) mass is 431 g/mol. The van der Waals surface area contributed by atoms with E-state index in [0.717, 1.165) is 0 Å². The molecule has 4 N–H and O–H groups in total. The molecular weight excluding hydrogens is 400 g/mol. The van der Waals surface area contributed by atoms with Gasteiger partial charge in [-0.2, -0.15) is 0 Å². The lowest BCUT2D eigenvalue weighted by molar-refractivity contribution is -0.756. The van der Waals surface area contributed by atoms with Crippen LogP contribution >= 0.6 is 0 Å². The van der Waals surface area contributed by atoms with E-state index in [0.29, 0.717) is 12.3 Å². The summed E-state index contributed by atoms with van der Waals surface area (Å²) in [7, 11) is 2.99. The molecule has 0 bridgehead atoms. The van der Waals surface area contributed by atoms with Crippen LogP contribution in [0, 0.1) is 0 Å². The SMILES string of the molecule is COC[C@H]1O[C@@H](C)[C@@H](O)C1OCc1c[n+](CNC(=O)[C@H]2O[C@@H](C)[C@@H](O)C2OC)[nH]n1. The maximum atomic E-state index is 12.4. The Morgan fingerprint density at radius 2 is 1.93 bits per heavy atom. The summed E-state index contributed by atoms with van der Waals surface area (Å²) in [6.45, 7) is 4.05. The van der Waals surface area contributed by atoms with E-state index in [1.807, 2.05) is 0 Å². The number of aromatic amines is 1. The molecule has 30 heavy (non-hydrogen) atoms. The number of methoxy groups -OCH3 is 2. The maximum Gasteiger partial charge on any atom is 0.254 e. The number of nitrogens with zero attached hydrogens (tertiary/aromatic N) is 2. The topological polar surface area (TPSA) is 148 Å². The lowest BCUT2D eigenvalue weighted by Crippen LogP contribution is -2.50. The van der Waals surface area contributed by atoms with Gasteiger partial charge in [0.2, 0.25) is 5.69 Å². The molecule has 12 heteroatoms. The minimum absolute atomic E-state index is 0.116. The molecule has 0 aliphatic carbocycles. The maximum absolute atomic E-state index is 12.4. The molecule has 2 unspecified atom stereocenters. The molecule has 2 aliphatic rings. The van der Waals surface area contributed by atoms with E-state index in [-0.39, 0.29) is 25.5 Å². The van der Waals surface area contributed by atoms with Gasteiger partial charge in [0.25, 0.3) is 5.91 Å². The van der Waals surface area contributed by atoms with Crippen LogP contribution in [-0.4, -0.2) is 96.1 Å². The van der Waals surface area contributed by atoms with Crippen molar-refractivity contribution in [2.75, 3.05) is 20.8 Å². The third kappa shape index (κ3) is 4.97. The number of nitrogens with one attached hydrogen (secondary N) is 2. The number of hydrogen-bond donors (Lipinski definition) is 4. The Morgan fingerprint density at radius 3 is 2.63 bits per heavy atom. The van der Waals surface area contributed by atoms with Gasteiger partial charge in [-0.25, -0.2) is 0 Å². The van der Waals surface area contributed by atoms with Gasteiger partial charge in [0.1, 0.15) is 37.1 Å². The number of carbonyl (C=O) groups excluding carboxylic acids is 1. The zero-order valence-corrected chi connectivity index (χ0v) is 17.6. The third-order valence-electron chi connectivity index (χ3n) is 5.39. The summed E-state index contributed by atoms with van der Waals surface area (Å²) in [4.78, 5) is 12.4. The van der Waals surface area contributed by atoms with E-state index >= 15 is 0 Å². The summed E-state index contributed by atoms with van der Waals surface area (Å²) in [5.41, 5.74) is 0.586. The van der Waals surface area contributed by atoms with Gasteiger partial charge in [-0.05, 0) is 13.8 Å². The van der Waals surface area contributed by atoms with E-state index in [1.54, 1.807) is 31.8 Å². The van der Waals surface area contributed by atoms with E-state index in [1.165, 1.54) is 7.11 Å². The van der Waals surface area contributed by atoms with Crippen LogP contribution in [0.3, 0.4) is 0 Å². The quantitative estimate of drug-likeness (QED) is 0.314. The molecule has 0 spiro atoms. The van der Waals surface area contributed by atoms with Crippen molar-refractivity contribution in [2.45, 2.75) is 76.0 Å². The lowest BCUT2D eigenvalue weighted by Gasteiger charge is -2.19. The first-order valence-corrected chi connectivity index (χ1v) is 9.87. The molecule has 0 saturated carbocycles. The number of ether oxygens (including phenoxy) is 5. The highest BCUT2D eigenvalue weighted by Crippen LogP contribution is 2.25. The molecule has 1 aromatic rings. The van der Waals surface area contributed by atoms with Crippen molar-refractivity contribution in [1.82, 2.24) is 15.6 Å². The average molecular weight is 431 g/mol. The predicted octanol–water partition coefficient (Wildman–Crippen LogP) is -2.39. The van der Waals surface area contributed by atoms with Gasteiger partial charge >= 0.3 is 0 Å². The normalized spacial score (nSPS) is 36.3. The number of aliphatic hydroxyl groups is 2. The smallest absolute Gasteiger partial charge is 0.254 e. The van der Waals surface area contributed by atoms with Gasteiger partial charge in [-0.3, -0.25) is 4.79 Å². The van der Waals surface area contributed by atoms with Crippen LogP contribution in [0.15, 0.2) is 6.20 Å². The summed E-state index contributed by atoms with van der Waals surface area (Å²) < 4.78 is 28.8. The molecule has 12 nitrogen and oxygen atoms in total. The number of aromatic nitrogens is 3. The number of amides is 1. The van der Waals surface area contributed by atoms with Crippen molar-refractivity contribution < 1.29 is 43.4 Å². The number of hydrogen-bond acceptors (Lipinski definition) is 9. The highest BCUT2D eigenvalue weighted by atomic mass is 16.6. The van der Waals surface area contributed by atoms with Gasteiger partial charge in [0, 0.05) is 19.3 Å². The first-order chi connectivity index (χ1) is 14.3. The molecule has 170 valence electrons. The second kappa shape index (κ2) is 10.1. The van der Waals surface area contributed by atoms with Crippen LogP contribution in [0.4, 0.5) is 0 Å². The molecule has 1 aromatic heterocycles. The first kappa shape index (κ1) is 23.0. The third-order valence-corrected chi connectivity index (χ3v) is 5.39. The summed E-state index contributed by atoms with van der Waals surface area (Å²) in [5.74, 6) is -0.396. The molecular formula is C18H31N4O8+. The van der Waals surface area contributed by atoms with Gasteiger partial charge in [0.05, 0.1) is 18.8 Å². The molecule has 0 aromatic carbocycles. The van der Waals surface area contributed by atoms with Crippen molar-refractivity contribution in [1.29, 1.82) is 0 Å². The largest absolute Gasteiger partial charge is 0.388 e. The molecule has 3 heterocycles. The Labute approximate surface area is 174 Å². The molecule has 3 rings (SSSR count). The fourth-order valence-corrected chi connectivity index (χ4v) is 3.70. The van der Waals surface area contributed by atoms with Crippen molar-refractivity contribution in [3.63, 3.8) is 0 Å². The average Bonchev–Trinajstić information content (AvgIpc) is 3.37. The van der Waals surface area contributed by atoms with Crippen LogP contribution in [0.2, 0.25) is 0 Å². The van der Waals surface area contributed by atoms with Crippen LogP contribution in [0.5, 0.6) is 0 Å². The number of H-pyrrole nitrogens is 1. The van der Waals surface area contributed by atoms with Crippen LogP contribution in [0.25, 0.3) is 0 Å². The van der Waals surface area contributed by atoms with Crippen LogP contribution in [0.1, 0.15) is 19.5 Å². The van der Waals surface area contributed by atoms with Gasteiger partial charge in [-0.1, -0.05) is 5.21 Å². The van der Waals surface area contributed by atoms with E-state index in [4.69, 9.17) is 23.7 Å². The molecule has 1 amide bonds. The number of carbonyl (C=O) groups is 1. The summed E-state index contributed by atoms with van der Waals surface area (Å²) >= 11 is 0. The fraction of sp³-hybridized carbons (Fsp3) is 0.833. The van der Waals surface area contributed by atoms with Crippen molar-refractivity contribution >= 4 is 5.91 Å². The standard InChI is InChI=1S/C18H30N4O8/c1-9-13(23)15(12(29-9)7-26-3)28-6-11-5-22(21-20-11)8-19-18(25)17-16(27-4)14(24)10(2)30-17/h5,9-10,12-17,23-24H,6-8H2,1-4H3,(H,19,25)/p+1/t9-,10-,12+,13+,14+,15?,16?,17-/m0/s1. The van der Waals surface area contributed by atoms with E-state index in [9.17, 15) is 15.0 Å². The summed E-state index contributed by atoms with van der Waals surface area (Å²) in [5, 5.41) is 29.8. The number of rotatable bonds is 9. The zero-order chi connectivity index (χ0) is 21.8. The highest BCUT2D eigenvalue weighted by molar-refractivity contribution is 5.81. The molecule has 2 saturated heterocycles. The van der Waals surface area contributed by atoms with Crippen LogP contribution < -0.4 is 10.00 Å². The predicted molar refractivity (Wildman–Crippen MR) is 98.9 cm³/mol. The Balaban J connectivity index is 1.49. The summed E-state index contributed by atoms with van der Waals surface area (Å²) in [6, 6.07) is 0. The van der Waals surface area contributed by atoms with Crippen LogP contribution in [-0.2, 0) is 41.8 Å². The second-order valence-electron chi connectivity index (χ2n) is 7.56. The van der Waals surface area contributed by atoms with Gasteiger partial charge in [-0.15, -0.1) is 4.68 Å². The molecule has 2 aliphatic heterocycles. The highest BCUT2D eigenvalue weighted by Gasteiger charge is 2.45. The Bertz CT molecular complexity index is 703. The lowest BCUT2D eigenvalue weighted by atomic mass is 10.1. The Morgan fingerprint density at radius 1 is 1.23 bits per heavy atom. The van der Waals surface area contributed by atoms with Crippen molar-refractivity contribution in [3.8, 4) is 0 Å². The van der Waals surface area contributed by atoms with E-state index in [2.05, 4.69) is 15.6 Å². The molecule has 8 atom stereocenters. The number of aliphatic hydroxyl groups excluding tert-OH is 2. The molecule has 0 radical (unpaired) electrons. The zero-order valence-electron chi connectivity index (χ0n) is 17.6. The van der Waals surface area contributed by atoms with Crippen molar-refractivity contribution in [2.24, 2.45) is 0 Å². The van der Waals surface area contributed by atoms with Gasteiger partial charge < -0.3 is 39.2 Å². The fourth-order valence-electron chi connectivity index (χ4n) is 3.70. The van der Waals surface area contributed by atoms with E-state index < -0.39 is 42.5 Å². The minimum Gasteiger partial charge on any atom is -0.388 e. The molecule has 2 fully saturated rings.